The predicted octanol–water partition coefficient (Wildman–Crippen LogP) is 0.877. The predicted molar refractivity (Wildman–Crippen MR) is 51.8 cm³/mol. The maximum Gasteiger partial charge on any atom is 0.0610 e. The van der Waals surface area contributed by atoms with Gasteiger partial charge >= 0.3 is 0 Å². The molecule has 0 saturated carbocycles. The molecule has 2 radical (unpaired) electrons. The molecular weight excluding hydrogens is 191 g/mol. The fraction of sp³-hybridized carbons (Fsp3) is 0.875. The van der Waals surface area contributed by atoms with Crippen molar-refractivity contribution in [3.63, 3.8) is 0 Å². The molecule has 12 heavy (non-hydrogen) atoms. The third-order valence-electron chi connectivity index (χ3n) is 1.94. The average Bonchev–Trinajstić information content (AvgIpc) is 2.24. The molecule has 0 N–H and O–H groups in total. The Kier molecular flexibility index (Phi) is 3.19. The van der Waals surface area contributed by atoms with Crippen molar-refractivity contribution in [2.24, 2.45) is 5.92 Å². The SMILES string of the molecule is [3H]C1C[C@@H]([CH])[C@@H](CCP(C)([O-])=S)O1. The van der Waals surface area contributed by atoms with Gasteiger partial charge < -0.3 is 9.63 Å². The first kappa shape index (κ1) is 9.14. The van der Waals surface area contributed by atoms with Gasteiger partial charge in [0.05, 0.1) is 7.47 Å². The molecule has 2 unspecified atom stereocenters. The Balaban J connectivity index is 2.34. The minimum atomic E-state index is -2.38. The van der Waals surface area contributed by atoms with Crippen LogP contribution in [0.25, 0.3) is 0 Å². The molecule has 2 nitrogen and oxygen atoms in total. The normalized spacial score (nSPS) is 42.2. The lowest BCUT2D eigenvalue weighted by Gasteiger charge is -2.24. The second-order valence-corrected chi connectivity index (χ2v) is 8.06. The lowest BCUT2D eigenvalue weighted by Crippen LogP contribution is -2.16. The van der Waals surface area contributed by atoms with E-state index in [1.54, 1.807) is 6.66 Å². The van der Waals surface area contributed by atoms with Crippen molar-refractivity contribution in [3.8, 4) is 0 Å². The third kappa shape index (κ3) is 3.53. The van der Waals surface area contributed by atoms with Gasteiger partial charge in [-0.1, -0.05) is 0 Å². The van der Waals surface area contributed by atoms with Crippen LogP contribution in [0.15, 0.2) is 0 Å². The standard InChI is InChI=1S/C8H15O2PS/c1-7-3-5-10-8(7)4-6-11(2,9)12/h1,7-8H,3-6H2,2H3,(H,9,12)/p-1/t7-,8-,11?/m1/s1/i5T/t5?,7-,8-,11?. The smallest absolute Gasteiger partial charge is 0.0610 e. The monoisotopic (exact) mass is 207 g/mol. The summed E-state index contributed by atoms with van der Waals surface area (Å²) in [6.07, 6.45) is -0.840. The molecule has 1 aliphatic heterocycles. The van der Waals surface area contributed by atoms with E-state index in [-0.39, 0.29) is 12.0 Å². The van der Waals surface area contributed by atoms with Gasteiger partial charge in [-0.2, -0.15) is 0 Å². The Morgan fingerprint density at radius 3 is 3.00 bits per heavy atom. The van der Waals surface area contributed by atoms with Crippen LogP contribution >= 0.6 is 6.26 Å². The first-order valence-corrected chi connectivity index (χ1v) is 7.34. The Morgan fingerprint density at radius 1 is 1.92 bits per heavy atom. The van der Waals surface area contributed by atoms with Crippen molar-refractivity contribution in [1.29, 1.82) is 0 Å². The van der Waals surface area contributed by atoms with Crippen molar-refractivity contribution in [2.75, 3.05) is 19.4 Å². The van der Waals surface area contributed by atoms with Crippen LogP contribution < -0.4 is 4.89 Å². The molecule has 1 fully saturated rings. The highest BCUT2D eigenvalue weighted by Crippen LogP contribution is 2.34. The van der Waals surface area contributed by atoms with Crippen LogP contribution in [0.2, 0.25) is 0 Å². The largest absolute Gasteiger partial charge is 0.821 e. The van der Waals surface area contributed by atoms with Crippen molar-refractivity contribution in [3.05, 3.63) is 6.92 Å². The van der Waals surface area contributed by atoms with Crippen molar-refractivity contribution < 1.29 is 11.0 Å². The number of rotatable bonds is 3. The van der Waals surface area contributed by atoms with E-state index in [0.717, 1.165) is 0 Å². The van der Waals surface area contributed by atoms with Gasteiger partial charge in [-0.05, 0) is 38.5 Å². The van der Waals surface area contributed by atoms with Gasteiger partial charge in [-0.15, -0.1) is 18.1 Å². The lowest BCUT2D eigenvalue weighted by molar-refractivity contribution is -0.160. The second-order valence-electron chi connectivity index (χ2n) is 3.27. The molecule has 1 heterocycles. The van der Waals surface area contributed by atoms with Crippen LogP contribution in [0.3, 0.4) is 0 Å². The molecule has 0 aromatic rings. The molecule has 4 atom stereocenters. The van der Waals surface area contributed by atoms with Gasteiger partial charge in [-0.25, -0.2) is 0 Å². The van der Waals surface area contributed by atoms with E-state index in [1.807, 2.05) is 0 Å². The van der Waals surface area contributed by atoms with Crippen molar-refractivity contribution >= 4 is 18.1 Å². The minimum absolute atomic E-state index is 0.0935. The molecule has 1 saturated heterocycles. The summed E-state index contributed by atoms with van der Waals surface area (Å²) in [5.74, 6) is -0.0935. The van der Waals surface area contributed by atoms with Crippen LogP contribution in [0.4, 0.5) is 0 Å². The van der Waals surface area contributed by atoms with Crippen LogP contribution in [0, 0.1) is 12.8 Å². The highest BCUT2D eigenvalue weighted by molar-refractivity contribution is 8.10. The van der Waals surface area contributed by atoms with E-state index < -0.39 is 12.8 Å². The molecular formula is C8H14O2PS-. The number of ether oxygens (including phenoxy) is 1. The molecule has 0 amide bonds. The Hall–Kier alpha value is 0.570. The summed E-state index contributed by atoms with van der Waals surface area (Å²) in [5, 5.41) is 0. The highest BCUT2D eigenvalue weighted by atomic mass is 32.4. The molecule has 0 aromatic heterocycles. The number of hydrogen-bond donors (Lipinski definition) is 0. The first-order chi connectivity index (χ1) is 5.88. The second kappa shape index (κ2) is 4.19. The van der Waals surface area contributed by atoms with Crippen molar-refractivity contribution in [1.82, 2.24) is 0 Å². The molecule has 4 heteroatoms. The summed E-state index contributed by atoms with van der Waals surface area (Å²) in [7, 11) is 0. The molecule has 70 valence electrons. The Morgan fingerprint density at radius 2 is 2.58 bits per heavy atom. The van der Waals surface area contributed by atoms with Crippen LogP contribution in [0.1, 0.15) is 14.2 Å². The third-order valence-corrected chi connectivity index (χ3v) is 3.56. The van der Waals surface area contributed by atoms with Gasteiger partial charge in [0.2, 0.25) is 0 Å². The fourth-order valence-corrected chi connectivity index (χ4v) is 2.23. The Labute approximate surface area is 80.8 Å². The van der Waals surface area contributed by atoms with Crippen molar-refractivity contribution in [2.45, 2.75) is 18.9 Å². The maximum absolute atomic E-state index is 11.2. The molecule has 0 bridgehead atoms. The Bertz CT molecular complexity index is 218. The van der Waals surface area contributed by atoms with E-state index in [2.05, 4.69) is 0 Å². The fourth-order valence-electron chi connectivity index (χ4n) is 1.19. The zero-order valence-electron chi connectivity index (χ0n) is 8.10. The van der Waals surface area contributed by atoms with Gasteiger partial charge in [0.15, 0.2) is 0 Å². The van der Waals surface area contributed by atoms with E-state index in [1.165, 1.54) is 0 Å². The summed E-state index contributed by atoms with van der Waals surface area (Å²) < 4.78 is 12.6. The van der Waals surface area contributed by atoms with Gasteiger partial charge in [0, 0.05) is 6.58 Å². The summed E-state index contributed by atoms with van der Waals surface area (Å²) in [4.78, 5) is 11.2. The maximum atomic E-state index is 11.2. The summed E-state index contributed by atoms with van der Waals surface area (Å²) in [6.45, 7) is 6.80. The minimum Gasteiger partial charge on any atom is -0.821 e. The zero-order chi connectivity index (χ0) is 10.1. The number of hydrogen-bond acceptors (Lipinski definition) is 3. The summed E-state index contributed by atoms with van der Waals surface area (Å²) >= 11 is 4.80. The van der Waals surface area contributed by atoms with E-state index in [4.69, 9.17) is 24.8 Å². The van der Waals surface area contributed by atoms with Crippen LogP contribution in [-0.2, 0) is 16.5 Å². The average molecular weight is 207 g/mol. The van der Waals surface area contributed by atoms with E-state index in [9.17, 15) is 4.89 Å². The van der Waals surface area contributed by atoms with E-state index >= 15 is 0 Å². The summed E-state index contributed by atoms with van der Waals surface area (Å²) in [6, 6.07) is 0. The summed E-state index contributed by atoms with van der Waals surface area (Å²) in [5.41, 5.74) is 0. The van der Waals surface area contributed by atoms with Gasteiger partial charge in [0.25, 0.3) is 0 Å². The molecule has 0 spiro atoms. The highest BCUT2D eigenvalue weighted by Gasteiger charge is 2.23. The van der Waals surface area contributed by atoms with Gasteiger partial charge in [-0.3, -0.25) is 0 Å². The lowest BCUT2D eigenvalue weighted by atomic mass is 10.0. The molecule has 0 aliphatic carbocycles. The first-order valence-electron chi connectivity index (χ1n) is 4.57. The van der Waals surface area contributed by atoms with Crippen LogP contribution in [0.5, 0.6) is 0 Å². The van der Waals surface area contributed by atoms with Gasteiger partial charge in [0.1, 0.15) is 0 Å². The van der Waals surface area contributed by atoms with E-state index in [0.29, 0.717) is 19.0 Å². The molecule has 1 aliphatic rings. The molecule has 1 rings (SSSR count). The molecule has 0 aromatic carbocycles. The zero-order valence-corrected chi connectivity index (χ0v) is 8.81. The topological polar surface area (TPSA) is 32.3 Å². The van der Waals surface area contributed by atoms with Crippen LogP contribution in [-0.4, -0.2) is 25.5 Å². The quantitative estimate of drug-likeness (QED) is 0.644.